The van der Waals surface area contributed by atoms with Crippen LogP contribution in [-0.4, -0.2) is 60.4 Å². The predicted molar refractivity (Wildman–Crippen MR) is 181 cm³/mol. The summed E-state index contributed by atoms with van der Waals surface area (Å²) in [5, 5.41) is 2.29. The quantitative estimate of drug-likeness (QED) is 0.174. The Kier molecular flexibility index (Phi) is 10.1. The van der Waals surface area contributed by atoms with Crippen LogP contribution in [0.1, 0.15) is 68.1 Å². The van der Waals surface area contributed by atoms with Crippen LogP contribution < -0.4 is 4.74 Å². The molecule has 1 heterocycles. The molecule has 46 heavy (non-hydrogen) atoms. The molecule has 3 atom stereocenters. The molecule has 0 radical (unpaired) electrons. The van der Waals surface area contributed by atoms with Crippen LogP contribution in [0.4, 0.5) is 0 Å². The summed E-state index contributed by atoms with van der Waals surface area (Å²) < 4.78 is 10.4. The minimum Gasteiger partial charge on any atom is -0.482 e. The van der Waals surface area contributed by atoms with Gasteiger partial charge < -0.3 is 19.3 Å². The molecule has 7 heteroatoms. The maximum Gasteiger partial charge on any atom is 0.344 e. The number of hydrogen-bond donors (Lipinski definition) is 0. The highest BCUT2D eigenvalue weighted by molar-refractivity contribution is 5.94. The van der Waals surface area contributed by atoms with E-state index < -0.39 is 11.4 Å². The van der Waals surface area contributed by atoms with E-state index in [0.29, 0.717) is 37.6 Å². The van der Waals surface area contributed by atoms with Crippen molar-refractivity contribution in [3.63, 3.8) is 0 Å². The zero-order valence-electron chi connectivity index (χ0n) is 27.4. The van der Waals surface area contributed by atoms with E-state index in [4.69, 9.17) is 9.47 Å². The van der Waals surface area contributed by atoms with Crippen LogP contribution in [0.15, 0.2) is 97.1 Å². The second kappa shape index (κ2) is 14.2. The van der Waals surface area contributed by atoms with Crippen molar-refractivity contribution >= 4 is 28.6 Å². The zero-order valence-corrected chi connectivity index (χ0v) is 27.4. The third-order valence-electron chi connectivity index (χ3n) is 8.79. The summed E-state index contributed by atoms with van der Waals surface area (Å²) in [5.41, 5.74) is 2.24. The first-order valence-electron chi connectivity index (χ1n) is 16.1. The number of ether oxygens (including phenoxy) is 2. The van der Waals surface area contributed by atoms with Gasteiger partial charge in [0.15, 0.2) is 6.61 Å². The number of nitrogens with zero attached hydrogens (tertiary/aromatic N) is 2. The van der Waals surface area contributed by atoms with Crippen LogP contribution in [0.5, 0.6) is 5.75 Å². The Morgan fingerprint density at radius 3 is 2.24 bits per heavy atom. The van der Waals surface area contributed by atoms with E-state index >= 15 is 0 Å². The Morgan fingerprint density at radius 2 is 1.54 bits per heavy atom. The van der Waals surface area contributed by atoms with Gasteiger partial charge in [-0.25, -0.2) is 4.79 Å². The summed E-state index contributed by atoms with van der Waals surface area (Å²) in [6.07, 6.45) is 0. The molecule has 4 aromatic carbocycles. The first-order chi connectivity index (χ1) is 22.1. The molecule has 0 spiro atoms. The Labute approximate surface area is 272 Å². The van der Waals surface area contributed by atoms with Gasteiger partial charge in [0.05, 0.1) is 12.6 Å². The highest BCUT2D eigenvalue weighted by atomic mass is 16.6. The normalized spacial score (nSPS) is 17.0. The second-order valence-electron chi connectivity index (χ2n) is 13.1. The fourth-order valence-electron chi connectivity index (χ4n) is 6.40. The van der Waals surface area contributed by atoms with Crippen LogP contribution in [-0.2, 0) is 14.3 Å². The van der Waals surface area contributed by atoms with Gasteiger partial charge in [0, 0.05) is 42.4 Å². The summed E-state index contributed by atoms with van der Waals surface area (Å²) in [6, 6.07) is 31.6. The standard InChI is InChI=1S/C39H44N2O5/c1-6-45-36(42)26-46-32-21-19-30(20-22-32)37(43)40-23-31(35(25-40)29-13-8-7-9-14-29)24-41(38(44)39(3,4)5)27(2)33-18-12-16-28-15-10-11-17-34(28)33/h7-22,27,31,35H,6,23-26H2,1-5H3/t27-,31-,35-/m1/s1. The molecule has 0 saturated carbocycles. The lowest BCUT2D eigenvalue weighted by atomic mass is 9.86. The van der Waals surface area contributed by atoms with Crippen LogP contribution in [0.3, 0.4) is 0 Å². The first-order valence-corrected chi connectivity index (χ1v) is 16.1. The van der Waals surface area contributed by atoms with E-state index in [-0.39, 0.29) is 36.3 Å². The van der Waals surface area contributed by atoms with Gasteiger partial charge in [-0.1, -0.05) is 93.6 Å². The summed E-state index contributed by atoms with van der Waals surface area (Å²) in [4.78, 5) is 43.6. The lowest BCUT2D eigenvalue weighted by Gasteiger charge is -2.37. The number of hydrogen-bond acceptors (Lipinski definition) is 5. The number of carbonyl (C=O) groups is 3. The van der Waals surface area contributed by atoms with Crippen molar-refractivity contribution < 1.29 is 23.9 Å². The topological polar surface area (TPSA) is 76.2 Å². The highest BCUT2D eigenvalue weighted by Gasteiger charge is 2.40. The Balaban J connectivity index is 1.41. The molecule has 7 nitrogen and oxygen atoms in total. The molecular formula is C39H44N2O5. The molecule has 0 N–H and O–H groups in total. The van der Waals surface area contributed by atoms with Crippen molar-refractivity contribution in [2.75, 3.05) is 32.8 Å². The van der Waals surface area contributed by atoms with Crippen LogP contribution >= 0.6 is 0 Å². The number of esters is 1. The molecule has 240 valence electrons. The fraction of sp³-hybridized carbons (Fsp3) is 0.359. The third kappa shape index (κ3) is 7.41. The molecule has 4 aromatic rings. The smallest absolute Gasteiger partial charge is 0.344 e. The maximum atomic E-state index is 14.2. The molecule has 2 amide bonds. The van der Waals surface area contributed by atoms with E-state index in [0.717, 1.165) is 21.9 Å². The molecule has 0 aliphatic carbocycles. The zero-order chi connectivity index (χ0) is 32.8. The number of carbonyl (C=O) groups excluding carboxylic acids is 3. The summed E-state index contributed by atoms with van der Waals surface area (Å²) in [6.45, 7) is 11.5. The number of likely N-dealkylation sites (tertiary alicyclic amines) is 1. The second-order valence-corrected chi connectivity index (χ2v) is 13.1. The van der Waals surface area contributed by atoms with Crippen molar-refractivity contribution in [3.8, 4) is 5.75 Å². The maximum absolute atomic E-state index is 14.2. The predicted octanol–water partition coefficient (Wildman–Crippen LogP) is 7.27. The summed E-state index contributed by atoms with van der Waals surface area (Å²) in [7, 11) is 0. The van der Waals surface area contributed by atoms with Crippen molar-refractivity contribution in [2.24, 2.45) is 11.3 Å². The van der Waals surface area contributed by atoms with Gasteiger partial charge in [-0.2, -0.15) is 0 Å². The van der Waals surface area contributed by atoms with Crippen LogP contribution in [0.2, 0.25) is 0 Å². The molecule has 0 bridgehead atoms. The first kappa shape index (κ1) is 32.7. The largest absolute Gasteiger partial charge is 0.482 e. The molecular weight excluding hydrogens is 576 g/mol. The van der Waals surface area contributed by atoms with Gasteiger partial charge in [0.25, 0.3) is 5.91 Å². The van der Waals surface area contributed by atoms with Gasteiger partial charge >= 0.3 is 5.97 Å². The van der Waals surface area contributed by atoms with Gasteiger partial charge in [-0.05, 0) is 60.0 Å². The Bertz CT molecular complexity index is 1660. The third-order valence-corrected chi connectivity index (χ3v) is 8.79. The summed E-state index contributed by atoms with van der Waals surface area (Å²) in [5.74, 6) is 0.157. The highest BCUT2D eigenvalue weighted by Crippen LogP contribution is 2.38. The lowest BCUT2D eigenvalue weighted by Crippen LogP contribution is -2.44. The molecule has 0 aromatic heterocycles. The average molecular weight is 621 g/mol. The van der Waals surface area contributed by atoms with E-state index in [2.05, 4.69) is 49.4 Å². The van der Waals surface area contributed by atoms with Crippen molar-refractivity contribution in [1.29, 1.82) is 0 Å². The lowest BCUT2D eigenvalue weighted by molar-refractivity contribution is -0.145. The average Bonchev–Trinajstić information content (AvgIpc) is 3.49. The monoisotopic (exact) mass is 620 g/mol. The van der Waals surface area contributed by atoms with Crippen LogP contribution in [0.25, 0.3) is 10.8 Å². The minimum absolute atomic E-state index is 0.0299. The fourth-order valence-corrected chi connectivity index (χ4v) is 6.40. The molecule has 1 fully saturated rings. The van der Waals surface area contributed by atoms with E-state index in [1.165, 1.54) is 0 Å². The van der Waals surface area contributed by atoms with Crippen molar-refractivity contribution in [1.82, 2.24) is 9.80 Å². The number of benzene rings is 4. The van der Waals surface area contributed by atoms with Crippen molar-refractivity contribution in [2.45, 2.75) is 46.6 Å². The van der Waals surface area contributed by atoms with Crippen LogP contribution in [0, 0.1) is 11.3 Å². The van der Waals surface area contributed by atoms with Gasteiger partial charge in [-0.15, -0.1) is 0 Å². The van der Waals surface area contributed by atoms with Gasteiger partial charge in [0.2, 0.25) is 5.91 Å². The SMILES string of the molecule is CCOC(=O)COc1ccc(C(=O)N2C[C@H](CN(C(=O)C(C)(C)C)[C@H](C)c3cccc4ccccc34)[C@@H](c3ccccc3)C2)cc1. The van der Waals surface area contributed by atoms with E-state index in [9.17, 15) is 14.4 Å². The van der Waals surface area contributed by atoms with Gasteiger partial charge in [0.1, 0.15) is 5.75 Å². The van der Waals surface area contributed by atoms with Crippen molar-refractivity contribution in [3.05, 3.63) is 114 Å². The number of fused-ring (bicyclic) bond motifs is 1. The number of rotatable bonds is 10. The van der Waals surface area contributed by atoms with E-state index in [1.54, 1.807) is 31.2 Å². The number of amides is 2. The van der Waals surface area contributed by atoms with E-state index in [1.807, 2.05) is 60.9 Å². The Hall–Kier alpha value is -4.65. The summed E-state index contributed by atoms with van der Waals surface area (Å²) >= 11 is 0. The minimum atomic E-state index is -0.577. The molecule has 1 aliphatic heterocycles. The molecule has 5 rings (SSSR count). The molecule has 0 unspecified atom stereocenters. The van der Waals surface area contributed by atoms with Gasteiger partial charge in [-0.3, -0.25) is 9.59 Å². The Morgan fingerprint density at radius 1 is 0.870 bits per heavy atom. The molecule has 1 saturated heterocycles. The molecule has 1 aliphatic rings.